The third-order valence-electron chi connectivity index (χ3n) is 4.94. The summed E-state index contributed by atoms with van der Waals surface area (Å²) in [6.45, 7) is 7.87. The molecule has 0 unspecified atom stereocenters. The summed E-state index contributed by atoms with van der Waals surface area (Å²) < 4.78 is 6.92. The summed E-state index contributed by atoms with van der Waals surface area (Å²) in [5.41, 5.74) is 2.76. The Labute approximate surface area is 189 Å². The molecule has 1 aromatic heterocycles. The molecule has 0 atom stereocenters. The Balaban J connectivity index is 1.91. The number of aryl methyl sites for hydroxylation is 1. The van der Waals surface area contributed by atoms with Crippen LogP contribution in [0.1, 0.15) is 38.8 Å². The molecule has 6 nitrogen and oxygen atoms in total. The van der Waals surface area contributed by atoms with Gasteiger partial charge < -0.3 is 10.1 Å². The zero-order valence-corrected chi connectivity index (χ0v) is 19.2. The fourth-order valence-corrected chi connectivity index (χ4v) is 3.42. The molecule has 3 rings (SSSR count). The van der Waals surface area contributed by atoms with Crippen LogP contribution in [0.25, 0.3) is 11.3 Å². The van der Waals surface area contributed by atoms with E-state index in [0.29, 0.717) is 12.2 Å². The van der Waals surface area contributed by atoms with Crippen LogP contribution in [0, 0.1) is 0 Å². The zero-order chi connectivity index (χ0) is 23.1. The van der Waals surface area contributed by atoms with E-state index in [-0.39, 0.29) is 17.9 Å². The summed E-state index contributed by atoms with van der Waals surface area (Å²) in [6, 6.07) is 17.9. The minimum absolute atomic E-state index is 0.183. The minimum Gasteiger partial charge on any atom is -0.459 e. The summed E-state index contributed by atoms with van der Waals surface area (Å²) in [5.74, 6) is -0.242. The first-order valence-corrected chi connectivity index (χ1v) is 11.0. The van der Waals surface area contributed by atoms with Crippen molar-refractivity contribution in [1.82, 2.24) is 9.55 Å². The van der Waals surface area contributed by atoms with Crippen molar-refractivity contribution in [3.05, 3.63) is 82.3 Å². The smallest absolute Gasteiger partial charge is 0.326 e. The second kappa shape index (κ2) is 10.3. The molecular weight excluding hydrogens is 402 g/mol. The van der Waals surface area contributed by atoms with Crippen molar-refractivity contribution in [1.29, 1.82) is 0 Å². The molecule has 32 heavy (non-hydrogen) atoms. The predicted octanol–water partition coefficient (Wildman–Crippen LogP) is 4.47. The average Bonchev–Trinajstić information content (AvgIpc) is 2.76. The fraction of sp³-hybridized carbons (Fsp3) is 0.346. The van der Waals surface area contributed by atoms with Gasteiger partial charge in [0.05, 0.1) is 11.9 Å². The predicted molar refractivity (Wildman–Crippen MR) is 128 cm³/mol. The summed E-state index contributed by atoms with van der Waals surface area (Å²) in [6.07, 6.45) is 3.27. The van der Waals surface area contributed by atoms with E-state index in [1.54, 1.807) is 6.20 Å². The minimum atomic E-state index is -0.632. The molecule has 0 amide bonds. The Hall–Kier alpha value is -3.41. The molecule has 0 fully saturated rings. The quantitative estimate of drug-likeness (QED) is 0.531. The number of aromatic nitrogens is 2. The van der Waals surface area contributed by atoms with Crippen LogP contribution in [0.15, 0.2) is 65.6 Å². The maximum Gasteiger partial charge on any atom is 0.326 e. The highest BCUT2D eigenvalue weighted by atomic mass is 16.6. The third kappa shape index (κ3) is 6.30. The normalized spacial score (nSPS) is 11.2. The number of rotatable bonds is 8. The van der Waals surface area contributed by atoms with Crippen LogP contribution in [0.2, 0.25) is 0 Å². The molecule has 1 heterocycles. The van der Waals surface area contributed by atoms with E-state index in [0.717, 1.165) is 24.0 Å². The summed E-state index contributed by atoms with van der Waals surface area (Å²) in [5, 5.41) is 3.13. The second-order valence-corrected chi connectivity index (χ2v) is 8.69. The van der Waals surface area contributed by atoms with Crippen molar-refractivity contribution in [3.63, 3.8) is 0 Å². The molecule has 2 aromatic carbocycles. The van der Waals surface area contributed by atoms with E-state index in [2.05, 4.69) is 17.2 Å². The molecule has 168 valence electrons. The van der Waals surface area contributed by atoms with Crippen LogP contribution in [-0.4, -0.2) is 27.7 Å². The molecule has 0 aliphatic rings. The number of nitrogens with one attached hydrogen (secondary N) is 1. The van der Waals surface area contributed by atoms with E-state index < -0.39 is 11.6 Å². The number of esters is 1. The first-order valence-electron chi connectivity index (χ1n) is 11.0. The van der Waals surface area contributed by atoms with Crippen LogP contribution < -0.4 is 10.9 Å². The van der Waals surface area contributed by atoms with Gasteiger partial charge in [-0.1, -0.05) is 55.5 Å². The van der Waals surface area contributed by atoms with Gasteiger partial charge in [-0.2, -0.15) is 0 Å². The number of nitrogens with zero attached hydrogens (tertiary/aromatic N) is 2. The molecule has 0 saturated carbocycles. The van der Waals surface area contributed by atoms with Gasteiger partial charge in [-0.15, -0.1) is 0 Å². The van der Waals surface area contributed by atoms with Gasteiger partial charge >= 0.3 is 5.97 Å². The Morgan fingerprint density at radius 3 is 2.47 bits per heavy atom. The molecule has 0 radical (unpaired) electrons. The van der Waals surface area contributed by atoms with E-state index in [9.17, 15) is 9.59 Å². The van der Waals surface area contributed by atoms with Gasteiger partial charge in [0.1, 0.15) is 12.1 Å². The van der Waals surface area contributed by atoms with Crippen LogP contribution in [-0.2, 0) is 28.9 Å². The monoisotopic (exact) mass is 433 g/mol. The number of hydrogen-bond acceptors (Lipinski definition) is 5. The molecular formula is C26H31N3O3. The number of ether oxygens (including phenoxy) is 1. The molecule has 1 N–H and O–H groups in total. The number of hydrogen-bond donors (Lipinski definition) is 1. The highest BCUT2D eigenvalue weighted by molar-refractivity contribution is 5.71. The van der Waals surface area contributed by atoms with Crippen molar-refractivity contribution in [3.8, 4) is 11.3 Å². The van der Waals surface area contributed by atoms with Gasteiger partial charge in [-0.05, 0) is 50.8 Å². The van der Waals surface area contributed by atoms with Crippen LogP contribution in [0.4, 0.5) is 5.82 Å². The Bertz CT molecular complexity index is 1120. The van der Waals surface area contributed by atoms with Gasteiger partial charge in [-0.3, -0.25) is 14.2 Å². The van der Waals surface area contributed by atoms with Crippen molar-refractivity contribution < 1.29 is 9.53 Å². The molecule has 3 aromatic rings. The molecule has 0 saturated heterocycles. The fourth-order valence-electron chi connectivity index (χ4n) is 3.42. The highest BCUT2D eigenvalue weighted by Gasteiger charge is 2.20. The molecule has 0 bridgehead atoms. The second-order valence-electron chi connectivity index (χ2n) is 8.69. The van der Waals surface area contributed by atoms with Crippen LogP contribution >= 0.6 is 0 Å². The Morgan fingerprint density at radius 1 is 1.06 bits per heavy atom. The molecule has 0 spiro atoms. The summed E-state index contributed by atoms with van der Waals surface area (Å²) >= 11 is 0. The van der Waals surface area contributed by atoms with Crippen LogP contribution in [0.3, 0.4) is 0 Å². The van der Waals surface area contributed by atoms with Crippen LogP contribution in [0.5, 0.6) is 0 Å². The van der Waals surface area contributed by atoms with Gasteiger partial charge in [0, 0.05) is 12.1 Å². The summed E-state index contributed by atoms with van der Waals surface area (Å²) in [4.78, 5) is 30.3. The zero-order valence-electron chi connectivity index (χ0n) is 19.2. The number of anilines is 1. The lowest BCUT2D eigenvalue weighted by Crippen LogP contribution is -2.33. The largest absolute Gasteiger partial charge is 0.459 e. The van der Waals surface area contributed by atoms with E-state index in [4.69, 9.17) is 4.74 Å². The van der Waals surface area contributed by atoms with E-state index in [1.165, 1.54) is 10.1 Å². The lowest BCUT2D eigenvalue weighted by molar-refractivity contribution is -0.155. The van der Waals surface area contributed by atoms with Gasteiger partial charge in [0.25, 0.3) is 5.56 Å². The maximum atomic E-state index is 13.3. The molecule has 6 heteroatoms. The van der Waals surface area contributed by atoms with E-state index in [1.807, 2.05) is 75.4 Å². The molecule has 0 aliphatic carbocycles. The van der Waals surface area contributed by atoms with Crippen molar-refractivity contribution in [2.75, 3.05) is 11.9 Å². The number of carbonyl (C=O) groups excluding carboxylic acids is 1. The Kier molecular flexibility index (Phi) is 7.46. The van der Waals surface area contributed by atoms with Crippen molar-refractivity contribution in [2.24, 2.45) is 0 Å². The van der Waals surface area contributed by atoms with Crippen molar-refractivity contribution in [2.45, 2.75) is 52.7 Å². The Morgan fingerprint density at radius 2 is 1.78 bits per heavy atom. The first-order chi connectivity index (χ1) is 15.3. The third-order valence-corrected chi connectivity index (χ3v) is 4.94. The highest BCUT2D eigenvalue weighted by Crippen LogP contribution is 2.20. The summed E-state index contributed by atoms with van der Waals surface area (Å²) in [7, 11) is 0. The van der Waals surface area contributed by atoms with Gasteiger partial charge in [0.2, 0.25) is 0 Å². The average molecular weight is 434 g/mol. The number of benzene rings is 2. The maximum absolute atomic E-state index is 13.3. The number of carbonyl (C=O) groups is 1. The molecule has 0 aliphatic heterocycles. The van der Waals surface area contributed by atoms with E-state index >= 15 is 0 Å². The standard InChI is InChI=1S/C26H31N3O3/c1-5-19-12-9-13-21(16-19)22-17-28-24(27-15-14-20-10-7-6-8-11-20)25(31)29(22)18-23(30)32-26(2,3)4/h6-13,16-17H,5,14-15,18H2,1-4H3,(H,27,28). The van der Waals surface area contributed by atoms with Crippen molar-refractivity contribution >= 4 is 11.8 Å². The van der Waals surface area contributed by atoms with Gasteiger partial charge in [-0.25, -0.2) is 4.98 Å². The SMILES string of the molecule is CCc1cccc(-c2cnc(NCCc3ccccc3)c(=O)n2CC(=O)OC(C)(C)C)c1. The topological polar surface area (TPSA) is 73.2 Å². The first kappa shape index (κ1) is 23.3. The lowest BCUT2D eigenvalue weighted by Gasteiger charge is -2.21. The lowest BCUT2D eigenvalue weighted by atomic mass is 10.1. The van der Waals surface area contributed by atoms with Gasteiger partial charge in [0.15, 0.2) is 5.82 Å².